The van der Waals surface area contributed by atoms with Crippen molar-refractivity contribution < 1.29 is 17.9 Å². The summed E-state index contributed by atoms with van der Waals surface area (Å²) in [6.45, 7) is 3.60. The molecule has 0 saturated carbocycles. The number of nitrogens with one attached hydrogen (secondary N) is 1. The quantitative estimate of drug-likeness (QED) is 0.867. The van der Waals surface area contributed by atoms with Crippen molar-refractivity contribution in [1.82, 2.24) is 9.71 Å². The Hall–Kier alpha value is -1.99. The van der Waals surface area contributed by atoms with Crippen molar-refractivity contribution in [3.05, 3.63) is 36.0 Å². The van der Waals surface area contributed by atoms with Crippen molar-refractivity contribution in [2.75, 3.05) is 0 Å². The summed E-state index contributed by atoms with van der Waals surface area (Å²) in [5.41, 5.74) is 1.52. The van der Waals surface area contributed by atoms with Crippen molar-refractivity contribution in [1.29, 1.82) is 0 Å². The number of hydrogen-bond acceptors (Lipinski definition) is 5. The van der Waals surface area contributed by atoms with Crippen LogP contribution in [0.25, 0.3) is 10.9 Å². The molecule has 116 valence electrons. The summed E-state index contributed by atoms with van der Waals surface area (Å²) in [6, 6.07) is 5.80. The Morgan fingerprint density at radius 2 is 2.09 bits per heavy atom. The number of cyclic esters (lactones) is 1. The Bertz CT molecular complexity index is 848. The second kappa shape index (κ2) is 5.33. The van der Waals surface area contributed by atoms with Crippen LogP contribution in [0.3, 0.4) is 0 Å². The van der Waals surface area contributed by atoms with Crippen LogP contribution in [-0.4, -0.2) is 31.5 Å². The van der Waals surface area contributed by atoms with Crippen LogP contribution in [0.5, 0.6) is 0 Å². The highest BCUT2D eigenvalue weighted by atomic mass is 32.2. The van der Waals surface area contributed by atoms with E-state index in [2.05, 4.69) is 9.71 Å². The highest BCUT2D eigenvalue weighted by molar-refractivity contribution is 7.89. The first-order chi connectivity index (χ1) is 10.4. The van der Waals surface area contributed by atoms with Gasteiger partial charge >= 0.3 is 5.97 Å². The van der Waals surface area contributed by atoms with Crippen LogP contribution in [0.4, 0.5) is 0 Å². The lowest BCUT2D eigenvalue weighted by Crippen LogP contribution is -2.38. The zero-order chi connectivity index (χ0) is 15.9. The molecule has 0 aliphatic carbocycles. The van der Waals surface area contributed by atoms with Gasteiger partial charge in [-0.25, -0.2) is 8.42 Å². The first-order valence-corrected chi connectivity index (χ1v) is 8.44. The smallest absolute Gasteiger partial charge is 0.324 e. The fourth-order valence-electron chi connectivity index (χ4n) is 2.63. The summed E-state index contributed by atoms with van der Waals surface area (Å²) < 4.78 is 32.7. The highest BCUT2D eigenvalue weighted by Gasteiger charge is 2.35. The summed E-state index contributed by atoms with van der Waals surface area (Å²) >= 11 is 0. The molecule has 6 nitrogen and oxygen atoms in total. The minimum absolute atomic E-state index is 0.119. The molecule has 0 bridgehead atoms. The number of aryl methyl sites for hydroxylation is 1. The van der Waals surface area contributed by atoms with Gasteiger partial charge in [0.15, 0.2) is 0 Å². The second-order valence-electron chi connectivity index (χ2n) is 5.44. The lowest BCUT2D eigenvalue weighted by atomic mass is 10.1. The van der Waals surface area contributed by atoms with Crippen LogP contribution in [0.2, 0.25) is 0 Å². The molecule has 1 aromatic heterocycles. The van der Waals surface area contributed by atoms with E-state index in [4.69, 9.17) is 4.74 Å². The molecule has 1 aliphatic heterocycles. The van der Waals surface area contributed by atoms with Crippen molar-refractivity contribution in [2.45, 2.75) is 37.3 Å². The summed E-state index contributed by atoms with van der Waals surface area (Å²) in [6.07, 6.45) is 1.67. The molecule has 3 rings (SSSR count). The van der Waals surface area contributed by atoms with E-state index in [0.29, 0.717) is 17.3 Å². The highest BCUT2D eigenvalue weighted by Crippen LogP contribution is 2.25. The number of hydrogen-bond donors (Lipinski definition) is 1. The van der Waals surface area contributed by atoms with Crippen LogP contribution in [0.15, 0.2) is 35.4 Å². The standard InChI is InChI=1S/C15H16N2O4S/c1-9-5-6-13(11-4-3-7-16-14(9)11)22(19,20)17-12-8-10(2)21-15(12)18/h3-7,10,12,17H,8H2,1-2H3/t10-,12-/m0/s1. The number of benzene rings is 1. The third-order valence-electron chi connectivity index (χ3n) is 3.69. The van der Waals surface area contributed by atoms with Crippen LogP contribution in [0, 0.1) is 6.92 Å². The molecule has 22 heavy (non-hydrogen) atoms. The Balaban J connectivity index is 2.03. The molecule has 0 spiro atoms. The van der Waals surface area contributed by atoms with Crippen LogP contribution in [-0.2, 0) is 19.6 Å². The Morgan fingerprint density at radius 1 is 1.32 bits per heavy atom. The topological polar surface area (TPSA) is 85.4 Å². The Kier molecular flexibility index (Phi) is 3.62. The van der Waals surface area contributed by atoms with Gasteiger partial charge in [-0.1, -0.05) is 6.07 Å². The van der Waals surface area contributed by atoms with Gasteiger partial charge in [0, 0.05) is 18.0 Å². The van der Waals surface area contributed by atoms with Gasteiger partial charge in [0.2, 0.25) is 10.0 Å². The normalized spacial score (nSPS) is 22.0. The first kappa shape index (κ1) is 14.9. The molecule has 2 heterocycles. The van der Waals surface area contributed by atoms with Crippen molar-refractivity contribution in [3.8, 4) is 0 Å². The number of nitrogens with zero attached hydrogens (tertiary/aromatic N) is 1. The second-order valence-corrected chi connectivity index (χ2v) is 7.12. The Morgan fingerprint density at radius 3 is 2.77 bits per heavy atom. The van der Waals surface area contributed by atoms with Gasteiger partial charge < -0.3 is 4.74 Å². The molecule has 1 N–H and O–H groups in total. The number of carbonyl (C=O) groups excluding carboxylic acids is 1. The predicted octanol–water partition coefficient (Wildman–Crippen LogP) is 1.53. The number of aromatic nitrogens is 1. The molecule has 1 fully saturated rings. The predicted molar refractivity (Wildman–Crippen MR) is 80.8 cm³/mol. The SMILES string of the molecule is Cc1ccc(S(=O)(=O)N[C@H]2C[C@H](C)OC2=O)c2cccnc12. The van der Waals surface area contributed by atoms with Gasteiger partial charge in [-0.3, -0.25) is 9.78 Å². The van der Waals surface area contributed by atoms with E-state index in [1.54, 1.807) is 31.3 Å². The summed E-state index contributed by atoms with van der Waals surface area (Å²) in [7, 11) is -3.83. The minimum Gasteiger partial charge on any atom is -0.461 e. The maximum Gasteiger partial charge on any atom is 0.324 e. The van der Waals surface area contributed by atoms with E-state index in [1.807, 2.05) is 6.92 Å². The van der Waals surface area contributed by atoms with Gasteiger partial charge in [0.05, 0.1) is 10.4 Å². The number of rotatable bonds is 3. The zero-order valence-electron chi connectivity index (χ0n) is 12.2. The maximum atomic E-state index is 12.6. The lowest BCUT2D eigenvalue weighted by molar-refractivity contribution is -0.142. The largest absolute Gasteiger partial charge is 0.461 e. The number of fused-ring (bicyclic) bond motifs is 1. The monoisotopic (exact) mass is 320 g/mol. The fraction of sp³-hybridized carbons (Fsp3) is 0.333. The molecule has 0 unspecified atom stereocenters. The van der Waals surface area contributed by atoms with E-state index in [0.717, 1.165) is 5.56 Å². The summed E-state index contributed by atoms with van der Waals surface area (Å²) in [4.78, 5) is 16.0. The molecule has 1 aliphatic rings. The van der Waals surface area contributed by atoms with Gasteiger partial charge in [0.1, 0.15) is 12.1 Å². The molecule has 1 aromatic carbocycles. The Labute approximate surface area is 128 Å². The number of ether oxygens (including phenoxy) is 1. The number of carbonyl (C=O) groups is 1. The van der Waals surface area contributed by atoms with E-state index in [1.165, 1.54) is 6.07 Å². The average molecular weight is 320 g/mol. The van der Waals surface area contributed by atoms with E-state index in [9.17, 15) is 13.2 Å². The summed E-state index contributed by atoms with van der Waals surface area (Å²) in [5.74, 6) is -0.536. The minimum atomic E-state index is -3.83. The van der Waals surface area contributed by atoms with Gasteiger partial charge in [-0.2, -0.15) is 4.72 Å². The number of pyridine rings is 1. The molecule has 7 heteroatoms. The van der Waals surface area contributed by atoms with Crippen molar-refractivity contribution >= 4 is 26.9 Å². The summed E-state index contributed by atoms with van der Waals surface area (Å²) in [5, 5.41) is 0.536. The average Bonchev–Trinajstić information content (AvgIpc) is 2.76. The molecular formula is C15H16N2O4S. The van der Waals surface area contributed by atoms with E-state index < -0.39 is 22.0 Å². The van der Waals surface area contributed by atoms with Gasteiger partial charge in [-0.05, 0) is 37.6 Å². The third-order valence-corrected chi connectivity index (χ3v) is 5.22. The molecule has 2 atom stereocenters. The van der Waals surface area contributed by atoms with Crippen molar-refractivity contribution in [2.24, 2.45) is 0 Å². The van der Waals surface area contributed by atoms with Crippen LogP contribution in [0.1, 0.15) is 18.9 Å². The third kappa shape index (κ3) is 2.57. The number of esters is 1. The molecule has 0 radical (unpaired) electrons. The fourth-order valence-corrected chi connectivity index (χ4v) is 4.02. The number of sulfonamides is 1. The lowest BCUT2D eigenvalue weighted by Gasteiger charge is -2.12. The van der Waals surface area contributed by atoms with Gasteiger partial charge in [-0.15, -0.1) is 0 Å². The van der Waals surface area contributed by atoms with E-state index in [-0.39, 0.29) is 11.0 Å². The molecular weight excluding hydrogens is 304 g/mol. The molecule has 0 amide bonds. The van der Waals surface area contributed by atoms with Crippen molar-refractivity contribution in [3.63, 3.8) is 0 Å². The van der Waals surface area contributed by atoms with Crippen LogP contribution < -0.4 is 4.72 Å². The zero-order valence-corrected chi connectivity index (χ0v) is 13.1. The van der Waals surface area contributed by atoms with Gasteiger partial charge in [0.25, 0.3) is 0 Å². The molecule has 1 saturated heterocycles. The maximum absolute atomic E-state index is 12.6. The molecule has 2 aromatic rings. The van der Waals surface area contributed by atoms with E-state index >= 15 is 0 Å². The first-order valence-electron chi connectivity index (χ1n) is 6.95. The van der Waals surface area contributed by atoms with Crippen LogP contribution >= 0.6 is 0 Å².